The average Bonchev–Trinajstić information content (AvgIpc) is 2.85. The van der Waals surface area contributed by atoms with Crippen LogP contribution in [0.1, 0.15) is 12.8 Å². The first kappa shape index (κ1) is 15.1. The second-order valence-corrected chi connectivity index (χ2v) is 6.72. The summed E-state index contributed by atoms with van der Waals surface area (Å²) in [7, 11) is -3.39. The van der Waals surface area contributed by atoms with Crippen molar-refractivity contribution < 1.29 is 17.9 Å². The van der Waals surface area contributed by atoms with E-state index in [1.54, 1.807) is 6.07 Å². The van der Waals surface area contributed by atoms with Crippen LogP contribution in [0.25, 0.3) is 0 Å². The molecule has 0 saturated carbocycles. The second kappa shape index (κ2) is 5.99. The van der Waals surface area contributed by atoms with E-state index in [1.165, 1.54) is 12.1 Å². The first-order valence-electron chi connectivity index (χ1n) is 6.05. The number of hydrogen-bond donors (Lipinski definition) is 2. The van der Waals surface area contributed by atoms with Crippen molar-refractivity contribution in [3.63, 3.8) is 0 Å². The largest absolute Gasteiger partial charge is 0.368 e. The Kier molecular flexibility index (Phi) is 4.52. The Hall–Kier alpha value is -1.31. The van der Waals surface area contributed by atoms with E-state index >= 15 is 0 Å². The van der Waals surface area contributed by atoms with Gasteiger partial charge in [0.05, 0.1) is 17.0 Å². The fourth-order valence-electron chi connectivity index (χ4n) is 1.88. The highest BCUT2D eigenvalue weighted by atomic mass is 35.5. The summed E-state index contributed by atoms with van der Waals surface area (Å²) in [5.74, 6) is -0.220. The summed E-state index contributed by atoms with van der Waals surface area (Å²) in [5, 5.41) is 2.90. The third-order valence-corrected chi connectivity index (χ3v) is 3.66. The summed E-state index contributed by atoms with van der Waals surface area (Å²) in [4.78, 5) is 11.8. The molecule has 8 heteroatoms. The van der Waals surface area contributed by atoms with E-state index < -0.39 is 16.1 Å². The van der Waals surface area contributed by atoms with Crippen molar-refractivity contribution in [2.45, 2.75) is 18.9 Å². The summed E-state index contributed by atoms with van der Waals surface area (Å²) in [6.45, 7) is 0.593. The van der Waals surface area contributed by atoms with E-state index in [0.717, 1.165) is 12.7 Å². The number of rotatable bonds is 4. The lowest BCUT2D eigenvalue weighted by Gasteiger charge is -2.12. The number of sulfonamides is 1. The molecule has 1 aliphatic rings. The highest BCUT2D eigenvalue weighted by Gasteiger charge is 2.23. The number of benzene rings is 1. The van der Waals surface area contributed by atoms with Crippen molar-refractivity contribution in [2.75, 3.05) is 22.9 Å². The van der Waals surface area contributed by atoms with Crippen molar-refractivity contribution in [1.82, 2.24) is 0 Å². The molecule has 0 radical (unpaired) electrons. The fourth-order valence-corrected chi connectivity index (χ4v) is 2.74. The molecule has 1 aliphatic heterocycles. The molecule has 1 aromatic carbocycles. The van der Waals surface area contributed by atoms with Crippen LogP contribution in [-0.2, 0) is 19.6 Å². The monoisotopic (exact) mass is 318 g/mol. The summed E-state index contributed by atoms with van der Waals surface area (Å²) in [5.41, 5.74) is 0.763. The third kappa shape index (κ3) is 4.09. The minimum absolute atomic E-state index is 0.209. The summed E-state index contributed by atoms with van der Waals surface area (Å²) in [6.07, 6.45) is 2.18. The van der Waals surface area contributed by atoms with E-state index in [2.05, 4.69) is 10.0 Å². The van der Waals surface area contributed by atoms with Crippen molar-refractivity contribution >= 4 is 38.9 Å². The number of halogens is 1. The first-order valence-corrected chi connectivity index (χ1v) is 8.32. The van der Waals surface area contributed by atoms with Gasteiger partial charge in [0.2, 0.25) is 10.0 Å². The van der Waals surface area contributed by atoms with Gasteiger partial charge < -0.3 is 10.1 Å². The molecule has 1 saturated heterocycles. The number of carbonyl (C=O) groups is 1. The highest BCUT2D eigenvalue weighted by Crippen LogP contribution is 2.26. The van der Waals surface area contributed by atoms with Crippen molar-refractivity contribution in [2.24, 2.45) is 0 Å². The zero-order chi connectivity index (χ0) is 14.8. The number of nitrogens with one attached hydrogen (secondary N) is 2. The molecule has 20 heavy (non-hydrogen) atoms. The Morgan fingerprint density at radius 3 is 2.75 bits per heavy atom. The van der Waals surface area contributed by atoms with Crippen molar-refractivity contribution in [3.05, 3.63) is 23.2 Å². The quantitative estimate of drug-likeness (QED) is 0.887. The molecule has 0 aromatic heterocycles. The number of carbonyl (C=O) groups excluding carboxylic acids is 1. The van der Waals surface area contributed by atoms with Crippen molar-refractivity contribution in [3.8, 4) is 0 Å². The maximum Gasteiger partial charge on any atom is 0.253 e. The summed E-state index contributed by atoms with van der Waals surface area (Å²) >= 11 is 5.97. The molecule has 0 aliphatic carbocycles. The van der Waals surface area contributed by atoms with Crippen LogP contribution in [0.5, 0.6) is 0 Å². The normalized spacial score (nSPS) is 18.8. The summed E-state index contributed by atoms with van der Waals surface area (Å²) < 4.78 is 29.8. The number of ether oxygens (including phenoxy) is 1. The van der Waals surface area contributed by atoms with Gasteiger partial charge in [-0.05, 0) is 31.0 Å². The van der Waals surface area contributed by atoms with E-state index in [-0.39, 0.29) is 16.6 Å². The van der Waals surface area contributed by atoms with Crippen LogP contribution >= 0.6 is 11.6 Å². The van der Waals surface area contributed by atoms with Gasteiger partial charge in [0.25, 0.3) is 5.91 Å². The van der Waals surface area contributed by atoms with Crippen LogP contribution in [0.15, 0.2) is 18.2 Å². The molecular formula is C12H15ClN2O4S. The van der Waals surface area contributed by atoms with Crippen LogP contribution in [0, 0.1) is 0 Å². The Morgan fingerprint density at radius 2 is 2.20 bits per heavy atom. The second-order valence-electron chi connectivity index (χ2n) is 4.56. The predicted molar refractivity (Wildman–Crippen MR) is 77.5 cm³/mol. The molecule has 0 spiro atoms. The van der Waals surface area contributed by atoms with Crippen LogP contribution in [0.3, 0.4) is 0 Å². The Morgan fingerprint density at radius 1 is 1.45 bits per heavy atom. The lowest BCUT2D eigenvalue weighted by atomic mass is 10.2. The Bertz CT molecular complexity index is 612. The first-order chi connectivity index (χ1) is 9.35. The average molecular weight is 319 g/mol. The van der Waals surface area contributed by atoms with Gasteiger partial charge >= 0.3 is 0 Å². The molecule has 1 aromatic rings. The fraction of sp³-hybridized carbons (Fsp3) is 0.417. The Balaban J connectivity index is 2.07. The predicted octanol–water partition coefficient (Wildman–Crippen LogP) is 1.83. The number of anilines is 2. The van der Waals surface area contributed by atoms with E-state index in [0.29, 0.717) is 18.7 Å². The van der Waals surface area contributed by atoms with Gasteiger partial charge in [-0.2, -0.15) is 0 Å². The SMILES string of the molecule is CS(=O)(=O)Nc1ccc(NC(=O)[C@H]2CCCO2)cc1Cl. The smallest absolute Gasteiger partial charge is 0.253 e. The molecule has 2 N–H and O–H groups in total. The van der Waals surface area contributed by atoms with E-state index in [1.807, 2.05) is 0 Å². The molecule has 1 amide bonds. The standard InChI is InChI=1S/C12H15ClN2O4S/c1-20(17,18)15-10-5-4-8(7-9(10)13)14-12(16)11-3-2-6-19-11/h4-5,7,11,15H,2-3,6H2,1H3,(H,14,16)/t11-/m1/s1. The Labute approximate surface area is 122 Å². The molecule has 110 valence electrons. The molecule has 6 nitrogen and oxygen atoms in total. The maximum absolute atomic E-state index is 11.8. The topological polar surface area (TPSA) is 84.5 Å². The molecule has 1 heterocycles. The zero-order valence-corrected chi connectivity index (χ0v) is 12.4. The van der Waals surface area contributed by atoms with Gasteiger partial charge in [-0.1, -0.05) is 11.6 Å². The lowest BCUT2D eigenvalue weighted by Crippen LogP contribution is -2.26. The van der Waals surface area contributed by atoms with Crippen LogP contribution in [-0.4, -0.2) is 33.3 Å². The van der Waals surface area contributed by atoms with E-state index in [9.17, 15) is 13.2 Å². The summed E-state index contributed by atoms with van der Waals surface area (Å²) in [6, 6.07) is 4.56. The lowest BCUT2D eigenvalue weighted by molar-refractivity contribution is -0.124. The molecule has 1 fully saturated rings. The molecular weight excluding hydrogens is 304 g/mol. The molecule has 1 atom stereocenters. The molecule has 2 rings (SSSR count). The zero-order valence-electron chi connectivity index (χ0n) is 10.8. The number of amides is 1. The van der Waals surface area contributed by atoms with Gasteiger partial charge in [0.15, 0.2) is 0 Å². The highest BCUT2D eigenvalue weighted by molar-refractivity contribution is 7.92. The minimum atomic E-state index is -3.39. The molecule has 0 unspecified atom stereocenters. The molecule has 0 bridgehead atoms. The van der Waals surface area contributed by atoms with Crippen molar-refractivity contribution in [1.29, 1.82) is 0 Å². The van der Waals surface area contributed by atoms with Gasteiger partial charge in [-0.3, -0.25) is 9.52 Å². The third-order valence-electron chi connectivity index (χ3n) is 2.75. The number of hydrogen-bond acceptors (Lipinski definition) is 4. The van der Waals surface area contributed by atoms with Gasteiger partial charge in [0.1, 0.15) is 6.10 Å². The minimum Gasteiger partial charge on any atom is -0.368 e. The van der Waals surface area contributed by atoms with Gasteiger partial charge in [-0.25, -0.2) is 8.42 Å². The van der Waals surface area contributed by atoms with Gasteiger partial charge in [-0.15, -0.1) is 0 Å². The van der Waals surface area contributed by atoms with Crippen LogP contribution < -0.4 is 10.0 Å². The van der Waals surface area contributed by atoms with Crippen LogP contribution in [0.4, 0.5) is 11.4 Å². The van der Waals surface area contributed by atoms with Gasteiger partial charge in [0, 0.05) is 12.3 Å². The van der Waals surface area contributed by atoms with E-state index in [4.69, 9.17) is 16.3 Å². The van der Waals surface area contributed by atoms with Crippen LogP contribution in [0.2, 0.25) is 5.02 Å². The maximum atomic E-state index is 11.8.